The van der Waals surface area contributed by atoms with E-state index >= 15 is 0 Å². The first-order chi connectivity index (χ1) is 12.4. The summed E-state index contributed by atoms with van der Waals surface area (Å²) in [4.78, 5) is 22.5. The van der Waals surface area contributed by atoms with Crippen LogP contribution in [0.4, 0.5) is 0 Å². The van der Waals surface area contributed by atoms with E-state index in [0.717, 1.165) is 12.8 Å². The van der Waals surface area contributed by atoms with Gasteiger partial charge in [0.25, 0.3) is 0 Å². The molecule has 1 rings (SSSR count). The molecule has 4 nitrogen and oxygen atoms in total. The van der Waals surface area contributed by atoms with Crippen molar-refractivity contribution in [1.82, 2.24) is 0 Å². The lowest BCUT2D eigenvalue weighted by Crippen LogP contribution is -2.30. The molecule has 2 N–H and O–H groups in total. The molecule has 1 aliphatic carbocycles. The number of hydrogen-bond donors (Lipinski definition) is 2. The molecule has 0 spiro atoms. The third-order valence-corrected chi connectivity index (χ3v) is 5.23. The van der Waals surface area contributed by atoms with Crippen LogP contribution in [-0.4, -0.2) is 33.4 Å². The van der Waals surface area contributed by atoms with E-state index in [1.165, 1.54) is 0 Å². The van der Waals surface area contributed by atoms with Crippen LogP contribution in [0.2, 0.25) is 0 Å². The van der Waals surface area contributed by atoms with Gasteiger partial charge in [-0.15, -0.1) is 11.6 Å². The predicted octanol–water partition coefficient (Wildman–Crippen LogP) is 4.67. The fourth-order valence-electron chi connectivity index (χ4n) is 3.03. The molecule has 0 aliphatic heterocycles. The lowest BCUT2D eigenvalue weighted by Gasteiger charge is -2.24. The van der Waals surface area contributed by atoms with E-state index in [-0.39, 0.29) is 29.9 Å². The van der Waals surface area contributed by atoms with E-state index in [2.05, 4.69) is 6.92 Å². The molecule has 1 unspecified atom stereocenters. The highest BCUT2D eigenvalue weighted by Gasteiger charge is 2.28. The number of carbonyl (C=O) groups is 2. The molecule has 0 bridgehead atoms. The summed E-state index contributed by atoms with van der Waals surface area (Å²) in [6.45, 7) is 2.08. The van der Waals surface area contributed by atoms with Crippen LogP contribution in [-0.2, 0) is 9.59 Å². The molecule has 0 saturated carbocycles. The Balaban J connectivity index is 2.49. The molecule has 0 radical (unpaired) electrons. The number of carbonyl (C=O) groups excluding carboxylic acids is 1. The molecule has 26 heavy (non-hydrogen) atoms. The minimum atomic E-state index is -0.875. The lowest BCUT2D eigenvalue weighted by molar-refractivity contribution is -0.137. The topological polar surface area (TPSA) is 74.6 Å². The second kappa shape index (κ2) is 12.1. The summed E-state index contributed by atoms with van der Waals surface area (Å²) in [5.41, 5.74) is -0.875. The third-order valence-electron chi connectivity index (χ3n) is 4.73. The number of aliphatic hydroxyl groups is 1. The van der Waals surface area contributed by atoms with Crippen molar-refractivity contribution in [2.75, 3.05) is 5.88 Å². The molecule has 0 aromatic carbocycles. The first kappa shape index (κ1) is 22.7. The van der Waals surface area contributed by atoms with Gasteiger partial charge in [-0.25, -0.2) is 0 Å². The Morgan fingerprint density at radius 2 is 2.08 bits per heavy atom. The van der Waals surface area contributed by atoms with E-state index in [9.17, 15) is 14.7 Å². The molecule has 0 fully saturated rings. The summed E-state index contributed by atoms with van der Waals surface area (Å²) in [5.74, 6) is -0.527. The van der Waals surface area contributed by atoms with Crippen molar-refractivity contribution in [1.29, 1.82) is 0 Å². The van der Waals surface area contributed by atoms with Gasteiger partial charge in [0.15, 0.2) is 5.78 Å². The van der Waals surface area contributed by atoms with Crippen molar-refractivity contribution in [3.8, 4) is 0 Å². The predicted molar refractivity (Wildman–Crippen MR) is 105 cm³/mol. The standard InChI is InChI=1S/C21H31ClO4/c1-2-3-14-21(26,16-22)15-8-9-17-12-13-19(23)18(17)10-6-4-5-7-11-20(24)25/h4,6,8-9,12-13,17-18,26H,2-3,5,7,10-11,14-16H2,1H3,(H,24,25)/b6-4-,9-8?/t17-,18+,21?/m0/s1. The molecule has 1 aliphatic rings. The van der Waals surface area contributed by atoms with Gasteiger partial charge in [0, 0.05) is 18.3 Å². The molecule has 0 amide bonds. The molecular formula is C21H31ClO4. The smallest absolute Gasteiger partial charge is 0.303 e. The fraction of sp³-hybridized carbons (Fsp3) is 0.619. The van der Waals surface area contributed by atoms with E-state index < -0.39 is 11.6 Å². The van der Waals surface area contributed by atoms with Gasteiger partial charge in [-0.1, -0.05) is 50.1 Å². The van der Waals surface area contributed by atoms with Crippen LogP contribution in [0.1, 0.15) is 58.3 Å². The van der Waals surface area contributed by atoms with Crippen LogP contribution in [0.3, 0.4) is 0 Å². The van der Waals surface area contributed by atoms with Gasteiger partial charge in [-0.3, -0.25) is 9.59 Å². The summed E-state index contributed by atoms with van der Waals surface area (Å²) >= 11 is 5.92. The van der Waals surface area contributed by atoms with Crippen molar-refractivity contribution in [3.05, 3.63) is 36.5 Å². The zero-order chi connectivity index (χ0) is 19.4. The average molecular weight is 383 g/mol. The Morgan fingerprint density at radius 3 is 2.73 bits per heavy atom. The van der Waals surface area contributed by atoms with E-state index in [1.54, 1.807) is 6.08 Å². The Morgan fingerprint density at radius 1 is 1.31 bits per heavy atom. The summed E-state index contributed by atoms with van der Waals surface area (Å²) in [6.07, 6.45) is 16.6. The lowest BCUT2D eigenvalue weighted by atomic mass is 9.89. The van der Waals surface area contributed by atoms with Gasteiger partial charge in [0.1, 0.15) is 0 Å². The van der Waals surface area contributed by atoms with Crippen LogP contribution in [0.25, 0.3) is 0 Å². The average Bonchev–Trinajstić information content (AvgIpc) is 2.96. The second-order valence-corrected chi connectivity index (χ2v) is 7.30. The van der Waals surface area contributed by atoms with Crippen LogP contribution in [0.15, 0.2) is 36.5 Å². The number of unbranched alkanes of at least 4 members (excludes halogenated alkanes) is 2. The molecule has 0 aromatic rings. The Labute approximate surface area is 161 Å². The number of carboxylic acids is 1. The summed E-state index contributed by atoms with van der Waals surface area (Å²) in [5, 5.41) is 19.1. The van der Waals surface area contributed by atoms with E-state index in [0.29, 0.717) is 32.1 Å². The molecular weight excluding hydrogens is 352 g/mol. The zero-order valence-electron chi connectivity index (χ0n) is 15.6. The minimum absolute atomic E-state index is 0.0388. The number of carboxylic acid groups (broad SMARTS) is 1. The van der Waals surface area contributed by atoms with Crippen LogP contribution in [0.5, 0.6) is 0 Å². The number of allylic oxidation sites excluding steroid dienone is 5. The molecule has 0 heterocycles. The van der Waals surface area contributed by atoms with Gasteiger partial charge < -0.3 is 10.2 Å². The Hall–Kier alpha value is -1.39. The van der Waals surface area contributed by atoms with Crippen molar-refractivity contribution < 1.29 is 19.8 Å². The molecule has 5 heteroatoms. The van der Waals surface area contributed by atoms with E-state index in [4.69, 9.17) is 16.7 Å². The highest BCUT2D eigenvalue weighted by atomic mass is 35.5. The summed E-state index contributed by atoms with van der Waals surface area (Å²) in [7, 11) is 0. The largest absolute Gasteiger partial charge is 0.481 e. The van der Waals surface area contributed by atoms with Crippen LogP contribution in [0, 0.1) is 11.8 Å². The molecule has 0 aromatic heterocycles. The van der Waals surface area contributed by atoms with Gasteiger partial charge in [0.2, 0.25) is 0 Å². The maximum absolute atomic E-state index is 12.0. The molecule has 146 valence electrons. The maximum Gasteiger partial charge on any atom is 0.303 e. The van der Waals surface area contributed by atoms with E-state index in [1.807, 2.05) is 30.4 Å². The third kappa shape index (κ3) is 8.33. The van der Waals surface area contributed by atoms with Gasteiger partial charge in [-0.2, -0.15) is 0 Å². The maximum atomic E-state index is 12.0. The van der Waals surface area contributed by atoms with Crippen molar-refractivity contribution >= 4 is 23.4 Å². The Kier molecular flexibility index (Phi) is 10.5. The Bertz CT molecular complexity index is 538. The fourth-order valence-corrected chi connectivity index (χ4v) is 3.27. The number of ketones is 1. The first-order valence-electron chi connectivity index (χ1n) is 9.45. The number of aliphatic carboxylic acids is 1. The van der Waals surface area contributed by atoms with Crippen molar-refractivity contribution in [2.24, 2.45) is 11.8 Å². The molecule has 0 saturated heterocycles. The monoisotopic (exact) mass is 382 g/mol. The normalized spacial score (nSPS) is 22.5. The highest BCUT2D eigenvalue weighted by Crippen LogP contribution is 2.28. The van der Waals surface area contributed by atoms with Gasteiger partial charge in [-0.05, 0) is 38.2 Å². The number of rotatable bonds is 13. The SMILES string of the molecule is CCCCC(O)(CCl)CC=C[C@H]1C=CC(=O)[C@@H]1C/C=C\CCCC(=O)O. The number of hydrogen-bond acceptors (Lipinski definition) is 3. The van der Waals surface area contributed by atoms with Crippen molar-refractivity contribution in [3.63, 3.8) is 0 Å². The van der Waals surface area contributed by atoms with Crippen LogP contribution < -0.4 is 0 Å². The first-order valence-corrected chi connectivity index (χ1v) is 9.99. The minimum Gasteiger partial charge on any atom is -0.481 e. The van der Waals surface area contributed by atoms with Crippen molar-refractivity contribution in [2.45, 2.75) is 63.9 Å². The zero-order valence-corrected chi connectivity index (χ0v) is 16.3. The molecule has 3 atom stereocenters. The summed E-state index contributed by atoms with van der Waals surface area (Å²) in [6, 6.07) is 0. The summed E-state index contributed by atoms with van der Waals surface area (Å²) < 4.78 is 0. The quantitative estimate of drug-likeness (QED) is 0.276. The number of alkyl halides is 1. The van der Waals surface area contributed by atoms with Gasteiger partial charge >= 0.3 is 5.97 Å². The van der Waals surface area contributed by atoms with Gasteiger partial charge in [0.05, 0.1) is 11.5 Å². The highest BCUT2D eigenvalue weighted by molar-refractivity contribution is 6.18. The second-order valence-electron chi connectivity index (χ2n) is 7.03. The van der Waals surface area contributed by atoms with Crippen LogP contribution >= 0.6 is 11.6 Å². The number of halogens is 1.